The van der Waals surface area contributed by atoms with Gasteiger partial charge < -0.3 is 14.3 Å². The van der Waals surface area contributed by atoms with E-state index in [1.807, 2.05) is 42.5 Å². The number of hydrogen-bond acceptors (Lipinski definition) is 7. The average Bonchev–Trinajstić information content (AvgIpc) is 3.11. The topological polar surface area (TPSA) is 102 Å². The van der Waals surface area contributed by atoms with E-state index in [1.54, 1.807) is 0 Å². The van der Waals surface area contributed by atoms with Crippen molar-refractivity contribution in [3.05, 3.63) is 69.9 Å². The fourth-order valence-electron chi connectivity index (χ4n) is 3.22. The molecule has 1 saturated carbocycles. The summed E-state index contributed by atoms with van der Waals surface area (Å²) in [4.78, 5) is 29.3. The van der Waals surface area contributed by atoms with Gasteiger partial charge in [-0.2, -0.15) is 4.98 Å². The predicted octanol–water partition coefficient (Wildman–Crippen LogP) is 5.22. The van der Waals surface area contributed by atoms with Gasteiger partial charge in [0, 0.05) is 14.3 Å². The molecule has 1 aliphatic rings. The van der Waals surface area contributed by atoms with E-state index >= 15 is 0 Å². The summed E-state index contributed by atoms with van der Waals surface area (Å²) in [5, 5.41) is 12.0. The molecule has 0 atom stereocenters. The Morgan fingerprint density at radius 2 is 1.94 bits per heavy atom. The van der Waals surface area contributed by atoms with Crippen LogP contribution in [0.1, 0.15) is 33.9 Å². The minimum Gasteiger partial charge on any atom is -0.481 e. The van der Waals surface area contributed by atoms with Crippen molar-refractivity contribution < 1.29 is 23.8 Å². The predicted molar refractivity (Wildman–Crippen MR) is 121 cm³/mol. The maximum atomic E-state index is 12.1. The molecule has 160 valence electrons. The number of oxazole rings is 1. The molecule has 1 amide bonds. The summed E-state index contributed by atoms with van der Waals surface area (Å²) in [6.45, 7) is 0.141. The Morgan fingerprint density at radius 1 is 1.16 bits per heavy atom. The number of benzene rings is 1. The van der Waals surface area contributed by atoms with Crippen LogP contribution in [-0.4, -0.2) is 22.2 Å². The largest absolute Gasteiger partial charge is 0.481 e. The number of carboxylic acid groups (broad SMARTS) is 1. The zero-order valence-corrected chi connectivity index (χ0v) is 18.2. The molecule has 0 radical (unpaired) electrons. The Labute approximate surface area is 190 Å². The molecule has 0 saturated heterocycles. The number of fused-ring (bicyclic) bond motifs is 1. The molecule has 3 aromatic heterocycles. The Hall–Kier alpha value is -3.61. The number of nitrogens with zero attached hydrogens (tertiary/aromatic N) is 1. The summed E-state index contributed by atoms with van der Waals surface area (Å²) in [5.74, 6) is 5.57. The summed E-state index contributed by atoms with van der Waals surface area (Å²) in [6, 6.07) is 13.3. The monoisotopic (exact) mass is 464 g/mol. The third kappa shape index (κ3) is 3.98. The number of aliphatic carboxylic acids is 1. The molecule has 32 heavy (non-hydrogen) atoms. The molecular weight excluding hydrogens is 448 g/mol. The Bertz CT molecular complexity index is 1340. The SMILES string of the molecule is O=C(Nc1ncoc1C#Cc1cc2sc(C3(C(=O)O)CC3)cc2s1)OCc1ccccc1. The van der Waals surface area contributed by atoms with Crippen LogP contribution in [0.4, 0.5) is 10.6 Å². The van der Waals surface area contributed by atoms with Crippen LogP contribution < -0.4 is 5.32 Å². The van der Waals surface area contributed by atoms with Crippen LogP contribution in [0, 0.1) is 11.8 Å². The summed E-state index contributed by atoms with van der Waals surface area (Å²) in [7, 11) is 0. The van der Waals surface area contributed by atoms with E-state index in [9.17, 15) is 14.7 Å². The van der Waals surface area contributed by atoms with E-state index in [0.29, 0.717) is 12.8 Å². The van der Waals surface area contributed by atoms with Gasteiger partial charge in [-0.15, -0.1) is 22.7 Å². The number of thiophene rings is 2. The second-order valence-corrected chi connectivity index (χ2v) is 9.47. The smallest absolute Gasteiger partial charge is 0.413 e. The third-order valence-electron chi connectivity index (χ3n) is 5.14. The van der Waals surface area contributed by atoms with Gasteiger partial charge in [-0.3, -0.25) is 10.1 Å². The van der Waals surface area contributed by atoms with Crippen molar-refractivity contribution in [2.24, 2.45) is 0 Å². The van der Waals surface area contributed by atoms with Crippen LogP contribution in [0.5, 0.6) is 0 Å². The Balaban J connectivity index is 1.26. The minimum absolute atomic E-state index is 0.141. The number of amides is 1. The third-order valence-corrected chi connectivity index (χ3v) is 7.55. The summed E-state index contributed by atoms with van der Waals surface area (Å²) in [6.07, 6.45) is 1.94. The zero-order chi connectivity index (χ0) is 22.1. The van der Waals surface area contributed by atoms with Crippen molar-refractivity contribution in [3.8, 4) is 11.8 Å². The quantitative estimate of drug-likeness (QED) is 0.393. The molecule has 0 bridgehead atoms. The van der Waals surface area contributed by atoms with Crippen molar-refractivity contribution in [2.45, 2.75) is 24.9 Å². The van der Waals surface area contributed by atoms with Crippen molar-refractivity contribution in [3.63, 3.8) is 0 Å². The van der Waals surface area contributed by atoms with E-state index in [1.165, 1.54) is 29.1 Å². The Kier molecular flexibility index (Phi) is 5.17. The number of nitrogens with one attached hydrogen (secondary N) is 1. The molecular formula is C23H16N2O5S2. The van der Waals surface area contributed by atoms with Gasteiger partial charge in [-0.1, -0.05) is 30.3 Å². The number of ether oxygens (including phenoxy) is 1. The van der Waals surface area contributed by atoms with Crippen LogP contribution in [0.2, 0.25) is 0 Å². The number of anilines is 1. The normalized spacial score (nSPS) is 13.9. The van der Waals surface area contributed by atoms with Gasteiger partial charge >= 0.3 is 12.1 Å². The highest BCUT2D eigenvalue weighted by Crippen LogP contribution is 2.52. The highest BCUT2D eigenvalue weighted by Gasteiger charge is 2.53. The number of carbonyl (C=O) groups is 2. The lowest BCUT2D eigenvalue weighted by Crippen LogP contribution is -2.17. The highest BCUT2D eigenvalue weighted by molar-refractivity contribution is 7.28. The first-order valence-corrected chi connectivity index (χ1v) is 11.4. The first-order valence-electron chi connectivity index (χ1n) is 9.74. The number of carboxylic acids is 1. The summed E-state index contributed by atoms with van der Waals surface area (Å²) in [5.41, 5.74) is 0.185. The van der Waals surface area contributed by atoms with Crippen LogP contribution >= 0.6 is 22.7 Å². The van der Waals surface area contributed by atoms with Gasteiger partial charge in [0.25, 0.3) is 0 Å². The van der Waals surface area contributed by atoms with Crippen molar-refractivity contribution in [1.29, 1.82) is 0 Å². The van der Waals surface area contributed by atoms with E-state index in [2.05, 4.69) is 22.1 Å². The molecule has 0 aliphatic heterocycles. The maximum Gasteiger partial charge on any atom is 0.413 e. The molecule has 9 heteroatoms. The van der Waals surface area contributed by atoms with Gasteiger partial charge in [0.05, 0.1) is 4.88 Å². The molecule has 0 spiro atoms. The van der Waals surface area contributed by atoms with E-state index < -0.39 is 17.5 Å². The van der Waals surface area contributed by atoms with E-state index in [0.717, 1.165) is 24.7 Å². The number of carbonyl (C=O) groups excluding carboxylic acids is 1. The van der Waals surface area contributed by atoms with Gasteiger partial charge in [0.15, 0.2) is 12.2 Å². The molecule has 1 fully saturated rings. The second kappa shape index (κ2) is 8.15. The lowest BCUT2D eigenvalue weighted by molar-refractivity contribution is -0.139. The lowest BCUT2D eigenvalue weighted by Gasteiger charge is -2.05. The molecule has 3 heterocycles. The summed E-state index contributed by atoms with van der Waals surface area (Å²) >= 11 is 3.00. The van der Waals surface area contributed by atoms with Crippen LogP contribution in [0.15, 0.2) is 53.3 Å². The molecule has 4 aromatic rings. The van der Waals surface area contributed by atoms with Crippen molar-refractivity contribution in [2.75, 3.05) is 5.32 Å². The molecule has 0 unspecified atom stereocenters. The fourth-order valence-corrected chi connectivity index (χ4v) is 5.71. The fraction of sp³-hybridized carbons (Fsp3) is 0.174. The van der Waals surface area contributed by atoms with E-state index in [4.69, 9.17) is 9.15 Å². The number of rotatable bonds is 5. The molecule has 1 aromatic carbocycles. The van der Waals surface area contributed by atoms with Gasteiger partial charge in [0.1, 0.15) is 12.0 Å². The van der Waals surface area contributed by atoms with Crippen LogP contribution in [-0.2, 0) is 21.6 Å². The minimum atomic E-state index is -0.751. The molecule has 2 N–H and O–H groups in total. The van der Waals surface area contributed by atoms with Gasteiger partial charge in [-0.05, 0) is 42.4 Å². The van der Waals surface area contributed by atoms with Crippen LogP contribution in [0.3, 0.4) is 0 Å². The molecule has 5 rings (SSSR count). The maximum absolute atomic E-state index is 12.1. The van der Waals surface area contributed by atoms with Crippen LogP contribution in [0.25, 0.3) is 9.40 Å². The first kappa shape index (κ1) is 20.3. The standard InChI is InChI=1S/C23H16N2O5S2/c26-21(27)23(8-9-23)19-11-18-17(32-19)10-15(31-18)6-7-16-20(24-13-30-16)25-22(28)29-12-14-4-2-1-3-5-14/h1-5,10-11,13H,8-9,12H2,(H,25,28)(H,26,27). The van der Waals surface area contributed by atoms with Gasteiger partial charge in [0.2, 0.25) is 5.76 Å². The summed E-state index contributed by atoms with van der Waals surface area (Å²) < 4.78 is 12.5. The van der Waals surface area contributed by atoms with Crippen molar-refractivity contribution in [1.82, 2.24) is 4.98 Å². The molecule has 1 aliphatic carbocycles. The van der Waals surface area contributed by atoms with E-state index in [-0.39, 0.29) is 18.2 Å². The zero-order valence-electron chi connectivity index (χ0n) is 16.6. The highest BCUT2D eigenvalue weighted by atomic mass is 32.1. The number of hydrogen-bond donors (Lipinski definition) is 2. The first-order chi connectivity index (χ1) is 15.5. The molecule has 7 nitrogen and oxygen atoms in total. The lowest BCUT2D eigenvalue weighted by atomic mass is 10.1. The second-order valence-electron chi connectivity index (χ2n) is 7.30. The van der Waals surface area contributed by atoms with Gasteiger partial charge in [-0.25, -0.2) is 4.79 Å². The number of aromatic nitrogens is 1. The average molecular weight is 465 g/mol. The van der Waals surface area contributed by atoms with Crippen molar-refractivity contribution >= 4 is 50.0 Å². The Morgan fingerprint density at radius 3 is 2.66 bits per heavy atom.